The molecule has 0 radical (unpaired) electrons. The Balaban J connectivity index is 1.82. The highest BCUT2D eigenvalue weighted by Crippen LogP contribution is 2.37. The number of H-pyrrole nitrogens is 2. The first kappa shape index (κ1) is 16.7. The number of halogens is 1. The summed E-state index contributed by atoms with van der Waals surface area (Å²) in [5.41, 5.74) is 8.93. The molecule has 1 fully saturated rings. The molecule has 4 aromatic rings. The summed E-state index contributed by atoms with van der Waals surface area (Å²) in [6.45, 7) is 1.89. The molecule has 3 heterocycles. The van der Waals surface area contributed by atoms with Crippen LogP contribution in [0.1, 0.15) is 24.8 Å². The van der Waals surface area contributed by atoms with Crippen LogP contribution in [-0.4, -0.2) is 26.3 Å². The van der Waals surface area contributed by atoms with Gasteiger partial charge in [-0.1, -0.05) is 6.07 Å². The van der Waals surface area contributed by atoms with E-state index in [1.54, 1.807) is 6.07 Å². The Kier molecular flexibility index (Phi) is 3.61. The summed E-state index contributed by atoms with van der Waals surface area (Å²) < 4.78 is 20.1. The lowest BCUT2D eigenvalue weighted by Crippen LogP contribution is -2.25. The molecule has 8 heteroatoms. The van der Waals surface area contributed by atoms with Crippen molar-refractivity contribution >= 4 is 27.6 Å². The predicted molar refractivity (Wildman–Crippen MR) is 105 cm³/mol. The normalized spacial score (nSPS) is 14.5. The Labute approximate surface area is 158 Å². The molecule has 7 nitrogen and oxygen atoms in total. The van der Waals surface area contributed by atoms with Crippen LogP contribution in [0.4, 0.5) is 10.1 Å². The van der Waals surface area contributed by atoms with Gasteiger partial charge in [0.1, 0.15) is 28.6 Å². The summed E-state index contributed by atoms with van der Waals surface area (Å²) in [5.74, 6) is 0.0947. The lowest BCUT2D eigenvalue weighted by molar-refractivity contribution is 0.114. The molecular formula is C20H18FN5O2. The number of anilines is 1. The summed E-state index contributed by atoms with van der Waals surface area (Å²) in [4.78, 5) is 19.9. The zero-order valence-electron chi connectivity index (χ0n) is 15.2. The second-order valence-electron chi connectivity index (χ2n) is 7.17. The molecule has 142 valence electrons. The van der Waals surface area contributed by atoms with Gasteiger partial charge in [0.15, 0.2) is 0 Å². The summed E-state index contributed by atoms with van der Waals surface area (Å²) in [7, 11) is 0. The van der Waals surface area contributed by atoms with Gasteiger partial charge in [0.25, 0.3) is 5.56 Å². The number of hydrogen-bond donors (Lipinski definition) is 3. The third-order valence-electron chi connectivity index (χ3n) is 5.33. The maximum Gasteiger partial charge on any atom is 0.272 e. The van der Waals surface area contributed by atoms with Crippen molar-refractivity contribution in [3.8, 4) is 17.0 Å². The minimum absolute atomic E-state index is 0.0209. The third kappa shape index (κ3) is 2.45. The van der Waals surface area contributed by atoms with E-state index in [4.69, 9.17) is 15.5 Å². The van der Waals surface area contributed by atoms with Crippen LogP contribution in [0.3, 0.4) is 0 Å². The highest BCUT2D eigenvalue weighted by molar-refractivity contribution is 6.06. The van der Waals surface area contributed by atoms with E-state index in [-0.39, 0.29) is 17.3 Å². The summed E-state index contributed by atoms with van der Waals surface area (Å²) >= 11 is 0. The van der Waals surface area contributed by atoms with Crippen molar-refractivity contribution in [1.29, 1.82) is 0 Å². The molecule has 5 rings (SSSR count). The second kappa shape index (κ2) is 6.05. The summed E-state index contributed by atoms with van der Waals surface area (Å²) in [6.07, 6.45) is 4.84. The number of aromatic amines is 2. The smallest absolute Gasteiger partial charge is 0.272 e. The first-order valence-electron chi connectivity index (χ1n) is 9.14. The van der Waals surface area contributed by atoms with E-state index in [2.05, 4.69) is 15.2 Å². The van der Waals surface area contributed by atoms with Crippen LogP contribution in [0.5, 0.6) is 5.88 Å². The van der Waals surface area contributed by atoms with Gasteiger partial charge < -0.3 is 15.5 Å². The first-order valence-corrected chi connectivity index (χ1v) is 9.14. The van der Waals surface area contributed by atoms with Crippen LogP contribution < -0.4 is 16.0 Å². The largest absolute Gasteiger partial charge is 0.474 e. The van der Waals surface area contributed by atoms with Gasteiger partial charge in [0, 0.05) is 16.5 Å². The molecule has 0 spiro atoms. The number of aryl methyl sites for hydroxylation is 1. The molecule has 0 amide bonds. The molecule has 28 heavy (non-hydrogen) atoms. The maximum absolute atomic E-state index is 14.1. The number of ether oxygens (including phenoxy) is 1. The van der Waals surface area contributed by atoms with Crippen LogP contribution in [0, 0.1) is 12.7 Å². The molecule has 0 aliphatic heterocycles. The fourth-order valence-corrected chi connectivity index (χ4v) is 3.57. The van der Waals surface area contributed by atoms with Crippen LogP contribution in [-0.2, 0) is 0 Å². The molecule has 0 saturated heterocycles. The Bertz CT molecular complexity index is 1290. The van der Waals surface area contributed by atoms with Crippen LogP contribution in [0.15, 0.2) is 29.2 Å². The fraction of sp³-hybridized carbons (Fsp3) is 0.250. The van der Waals surface area contributed by atoms with Crippen molar-refractivity contribution in [2.75, 3.05) is 5.73 Å². The van der Waals surface area contributed by atoms with Gasteiger partial charge in [-0.15, -0.1) is 0 Å². The lowest BCUT2D eigenvalue weighted by atomic mass is 9.96. The van der Waals surface area contributed by atoms with Gasteiger partial charge >= 0.3 is 0 Å². The van der Waals surface area contributed by atoms with E-state index >= 15 is 0 Å². The minimum Gasteiger partial charge on any atom is -0.474 e. The van der Waals surface area contributed by atoms with Gasteiger partial charge in [-0.05, 0) is 43.9 Å². The molecule has 1 aliphatic rings. The molecule has 0 bridgehead atoms. The van der Waals surface area contributed by atoms with E-state index in [1.165, 1.54) is 12.3 Å². The number of nitrogens with one attached hydrogen (secondary N) is 2. The Hall–Kier alpha value is -3.42. The van der Waals surface area contributed by atoms with Crippen molar-refractivity contribution in [3.63, 3.8) is 0 Å². The molecule has 3 aromatic heterocycles. The SMILES string of the molecule is Cc1cc2[nH]c(=O)c(N)c(-c3ccc(F)c4[nH]ncc34)c2nc1OC1CCC1. The molecule has 0 unspecified atom stereocenters. The molecule has 1 saturated carbocycles. The van der Waals surface area contributed by atoms with E-state index in [1.807, 2.05) is 13.0 Å². The van der Waals surface area contributed by atoms with E-state index in [9.17, 15) is 9.18 Å². The number of fused-ring (bicyclic) bond motifs is 2. The van der Waals surface area contributed by atoms with E-state index in [0.29, 0.717) is 33.4 Å². The number of rotatable bonds is 3. The first-order chi connectivity index (χ1) is 13.5. The molecule has 1 aromatic carbocycles. The standard InChI is InChI=1S/C20H18FN5O2/c1-9-7-14-18(25-20(9)28-10-3-2-4-10)15(16(22)19(27)24-14)11-5-6-13(21)17-12(11)8-23-26-17/h5-8,10H,2-4,22H2,1H3,(H,23,26)(H,24,27). The summed E-state index contributed by atoms with van der Waals surface area (Å²) in [5, 5.41) is 7.11. The van der Waals surface area contributed by atoms with E-state index < -0.39 is 11.4 Å². The Morgan fingerprint density at radius 3 is 2.89 bits per heavy atom. The van der Waals surface area contributed by atoms with Crippen molar-refractivity contribution in [2.45, 2.75) is 32.3 Å². The van der Waals surface area contributed by atoms with E-state index in [0.717, 1.165) is 24.8 Å². The van der Waals surface area contributed by atoms with Crippen LogP contribution in [0.2, 0.25) is 0 Å². The number of nitrogen functional groups attached to an aromatic ring is 1. The topological polar surface area (TPSA) is 110 Å². The quantitative estimate of drug-likeness (QED) is 0.505. The van der Waals surface area contributed by atoms with Gasteiger partial charge in [-0.3, -0.25) is 9.89 Å². The van der Waals surface area contributed by atoms with Crippen LogP contribution >= 0.6 is 0 Å². The minimum atomic E-state index is -0.429. The van der Waals surface area contributed by atoms with Crippen molar-refractivity contribution in [1.82, 2.24) is 20.2 Å². The third-order valence-corrected chi connectivity index (χ3v) is 5.33. The molecular weight excluding hydrogens is 361 g/mol. The number of nitrogens with two attached hydrogens (primary N) is 1. The number of aromatic nitrogens is 4. The molecule has 4 N–H and O–H groups in total. The van der Waals surface area contributed by atoms with Crippen molar-refractivity contribution in [2.24, 2.45) is 0 Å². The lowest BCUT2D eigenvalue weighted by Gasteiger charge is -2.26. The zero-order valence-corrected chi connectivity index (χ0v) is 15.2. The van der Waals surface area contributed by atoms with Gasteiger partial charge in [-0.2, -0.15) is 5.10 Å². The number of pyridine rings is 2. The number of nitrogens with zero attached hydrogens (tertiary/aromatic N) is 2. The summed E-state index contributed by atoms with van der Waals surface area (Å²) in [6, 6.07) is 4.74. The van der Waals surface area contributed by atoms with Gasteiger partial charge in [0.05, 0.1) is 11.7 Å². The average Bonchev–Trinajstić information content (AvgIpc) is 3.12. The predicted octanol–water partition coefficient (Wildman–Crippen LogP) is 3.43. The second-order valence-corrected chi connectivity index (χ2v) is 7.17. The van der Waals surface area contributed by atoms with Gasteiger partial charge in [0.2, 0.25) is 5.88 Å². The number of benzene rings is 1. The van der Waals surface area contributed by atoms with Gasteiger partial charge in [-0.25, -0.2) is 9.37 Å². The van der Waals surface area contributed by atoms with Crippen molar-refractivity contribution < 1.29 is 9.13 Å². The highest BCUT2D eigenvalue weighted by Gasteiger charge is 2.23. The van der Waals surface area contributed by atoms with Crippen LogP contribution in [0.25, 0.3) is 33.1 Å². The van der Waals surface area contributed by atoms with Crippen molar-refractivity contribution in [3.05, 3.63) is 46.1 Å². The average molecular weight is 379 g/mol. The number of hydrogen-bond acceptors (Lipinski definition) is 5. The molecule has 1 aliphatic carbocycles. The molecule has 0 atom stereocenters. The maximum atomic E-state index is 14.1. The Morgan fingerprint density at radius 1 is 1.32 bits per heavy atom. The fourth-order valence-electron chi connectivity index (χ4n) is 3.57. The zero-order chi connectivity index (χ0) is 19.4. The highest BCUT2D eigenvalue weighted by atomic mass is 19.1. The Morgan fingerprint density at radius 2 is 2.14 bits per heavy atom. The monoisotopic (exact) mass is 379 g/mol.